The van der Waals surface area contributed by atoms with E-state index in [1.165, 1.54) is 11.9 Å². The van der Waals surface area contributed by atoms with Crippen molar-refractivity contribution >= 4 is 62.3 Å². The van der Waals surface area contributed by atoms with E-state index in [0.717, 1.165) is 10.6 Å². The fourth-order valence-electron chi connectivity index (χ4n) is 3.38. The molecule has 0 aliphatic heterocycles. The van der Waals surface area contributed by atoms with Crippen LogP contribution in [0.25, 0.3) is 0 Å². The fourth-order valence-corrected chi connectivity index (χ4v) is 4.92. The standard InChI is InChI=1S/C22H26Cl3N3O4S/c1-5-19(22(30)26-3)27(12-15-9-10-16(23)11-18(15)25)21(29)13-28(33(4,31)32)20-8-6-7-17(24)14(20)2/h6-11,19H,5,12-13H2,1-4H3,(H,26,30). The van der Waals surface area contributed by atoms with Crippen LogP contribution in [-0.2, 0) is 26.2 Å². The maximum atomic E-state index is 13.5. The minimum atomic E-state index is -3.85. The summed E-state index contributed by atoms with van der Waals surface area (Å²) in [6.45, 7) is 2.91. The zero-order valence-corrected chi connectivity index (χ0v) is 21.8. The van der Waals surface area contributed by atoms with Crippen LogP contribution in [-0.4, -0.2) is 51.0 Å². The summed E-state index contributed by atoms with van der Waals surface area (Å²) in [6, 6.07) is 8.82. The van der Waals surface area contributed by atoms with Crippen molar-refractivity contribution < 1.29 is 18.0 Å². The number of halogens is 3. The van der Waals surface area contributed by atoms with E-state index >= 15 is 0 Å². The van der Waals surface area contributed by atoms with Crippen molar-refractivity contribution in [3.63, 3.8) is 0 Å². The number of likely N-dealkylation sites (N-methyl/N-ethyl adjacent to an activating group) is 1. The molecule has 0 saturated heterocycles. The number of anilines is 1. The Bertz CT molecular complexity index is 1140. The molecule has 2 aromatic carbocycles. The third-order valence-electron chi connectivity index (χ3n) is 5.18. The fraction of sp³-hybridized carbons (Fsp3) is 0.364. The third-order valence-corrected chi connectivity index (χ3v) is 7.30. The van der Waals surface area contributed by atoms with E-state index in [1.54, 1.807) is 50.2 Å². The first kappa shape index (κ1) is 27.2. The average molecular weight is 535 g/mol. The molecule has 0 fully saturated rings. The molecule has 1 atom stereocenters. The van der Waals surface area contributed by atoms with Gasteiger partial charge in [0.25, 0.3) is 0 Å². The Balaban J connectivity index is 2.51. The second kappa shape index (κ2) is 11.4. The lowest BCUT2D eigenvalue weighted by molar-refractivity contribution is -0.140. The van der Waals surface area contributed by atoms with Crippen molar-refractivity contribution in [3.05, 3.63) is 62.6 Å². The summed E-state index contributed by atoms with van der Waals surface area (Å²) in [6.07, 6.45) is 1.32. The number of hydrogen-bond donors (Lipinski definition) is 1. The predicted octanol–water partition coefficient (Wildman–Crippen LogP) is 4.27. The molecular weight excluding hydrogens is 509 g/mol. The van der Waals surface area contributed by atoms with Gasteiger partial charge >= 0.3 is 0 Å². The van der Waals surface area contributed by atoms with Crippen molar-refractivity contribution in [1.82, 2.24) is 10.2 Å². The Hall–Kier alpha value is -2.00. The highest BCUT2D eigenvalue weighted by molar-refractivity contribution is 7.92. The molecule has 0 saturated carbocycles. The molecule has 2 amide bonds. The lowest BCUT2D eigenvalue weighted by atomic mass is 10.1. The van der Waals surface area contributed by atoms with Gasteiger partial charge in [-0.2, -0.15) is 0 Å². The van der Waals surface area contributed by atoms with Crippen LogP contribution in [0.3, 0.4) is 0 Å². The summed E-state index contributed by atoms with van der Waals surface area (Å²) in [5.41, 5.74) is 1.38. The molecule has 11 heteroatoms. The Labute approximate surface area is 209 Å². The first-order valence-electron chi connectivity index (χ1n) is 10.1. The van der Waals surface area contributed by atoms with Gasteiger partial charge in [0.1, 0.15) is 12.6 Å². The molecule has 180 valence electrons. The minimum absolute atomic E-state index is 0.00705. The van der Waals surface area contributed by atoms with E-state index in [4.69, 9.17) is 34.8 Å². The number of nitrogens with zero attached hydrogens (tertiary/aromatic N) is 2. The zero-order chi connectivity index (χ0) is 24.9. The number of carbonyl (C=O) groups excluding carboxylic acids is 2. The van der Waals surface area contributed by atoms with Crippen LogP contribution in [0, 0.1) is 6.92 Å². The monoisotopic (exact) mass is 533 g/mol. The Morgan fingerprint density at radius 3 is 2.30 bits per heavy atom. The second-order valence-electron chi connectivity index (χ2n) is 7.45. The number of nitrogens with one attached hydrogen (secondary N) is 1. The quantitative estimate of drug-likeness (QED) is 0.520. The number of hydrogen-bond acceptors (Lipinski definition) is 4. The molecule has 0 heterocycles. The first-order valence-corrected chi connectivity index (χ1v) is 13.1. The van der Waals surface area contributed by atoms with Gasteiger partial charge in [0.05, 0.1) is 11.9 Å². The van der Waals surface area contributed by atoms with Crippen LogP contribution in [0.2, 0.25) is 15.1 Å². The van der Waals surface area contributed by atoms with E-state index in [-0.39, 0.29) is 18.1 Å². The van der Waals surface area contributed by atoms with Gasteiger partial charge in [0, 0.05) is 28.7 Å². The number of carbonyl (C=O) groups is 2. The van der Waals surface area contributed by atoms with Crippen LogP contribution < -0.4 is 9.62 Å². The molecule has 0 radical (unpaired) electrons. The van der Waals surface area contributed by atoms with Gasteiger partial charge in [0.15, 0.2) is 0 Å². The summed E-state index contributed by atoms with van der Waals surface area (Å²) in [4.78, 5) is 27.4. The normalized spacial score (nSPS) is 12.2. The molecule has 1 unspecified atom stereocenters. The second-order valence-corrected chi connectivity index (χ2v) is 10.6. The Morgan fingerprint density at radius 1 is 1.09 bits per heavy atom. The van der Waals surface area contributed by atoms with Gasteiger partial charge in [-0.15, -0.1) is 0 Å². The van der Waals surface area contributed by atoms with E-state index < -0.39 is 28.5 Å². The number of amides is 2. The first-order chi connectivity index (χ1) is 15.4. The zero-order valence-electron chi connectivity index (χ0n) is 18.7. The van der Waals surface area contributed by atoms with Crippen molar-refractivity contribution in [1.29, 1.82) is 0 Å². The summed E-state index contributed by atoms with van der Waals surface area (Å²) in [7, 11) is -2.37. The molecule has 0 spiro atoms. The molecule has 7 nitrogen and oxygen atoms in total. The summed E-state index contributed by atoms with van der Waals surface area (Å²) in [5.74, 6) is -0.943. The molecule has 0 aliphatic carbocycles. The van der Waals surface area contributed by atoms with Crippen molar-refractivity contribution in [2.45, 2.75) is 32.9 Å². The highest BCUT2D eigenvalue weighted by atomic mass is 35.5. The maximum absolute atomic E-state index is 13.5. The third kappa shape index (κ3) is 6.76. The molecule has 0 aromatic heterocycles. The highest BCUT2D eigenvalue weighted by Crippen LogP contribution is 2.29. The average Bonchev–Trinajstić information content (AvgIpc) is 2.74. The Morgan fingerprint density at radius 2 is 1.76 bits per heavy atom. The molecule has 0 bridgehead atoms. The summed E-state index contributed by atoms with van der Waals surface area (Å²) in [5, 5.41) is 3.69. The van der Waals surface area contributed by atoms with Gasteiger partial charge < -0.3 is 10.2 Å². The lowest BCUT2D eigenvalue weighted by Gasteiger charge is -2.33. The van der Waals surface area contributed by atoms with Crippen LogP contribution in [0.1, 0.15) is 24.5 Å². The van der Waals surface area contributed by atoms with Crippen LogP contribution >= 0.6 is 34.8 Å². The summed E-state index contributed by atoms with van der Waals surface area (Å²) < 4.78 is 26.2. The molecular formula is C22H26Cl3N3O4S. The van der Waals surface area contributed by atoms with Crippen molar-refractivity contribution in [3.8, 4) is 0 Å². The van der Waals surface area contributed by atoms with E-state index in [9.17, 15) is 18.0 Å². The smallest absolute Gasteiger partial charge is 0.244 e. The van der Waals surface area contributed by atoms with Gasteiger partial charge in [-0.3, -0.25) is 13.9 Å². The van der Waals surface area contributed by atoms with Crippen molar-refractivity contribution in [2.24, 2.45) is 0 Å². The van der Waals surface area contributed by atoms with E-state index in [1.807, 2.05) is 0 Å². The lowest BCUT2D eigenvalue weighted by Crippen LogP contribution is -2.51. The largest absolute Gasteiger partial charge is 0.357 e. The Kier molecular flexibility index (Phi) is 9.43. The number of sulfonamides is 1. The van der Waals surface area contributed by atoms with Crippen molar-refractivity contribution in [2.75, 3.05) is 24.2 Å². The van der Waals surface area contributed by atoms with Gasteiger partial charge in [-0.25, -0.2) is 8.42 Å². The summed E-state index contributed by atoms with van der Waals surface area (Å²) >= 11 is 18.5. The maximum Gasteiger partial charge on any atom is 0.244 e. The molecule has 33 heavy (non-hydrogen) atoms. The number of rotatable bonds is 9. The highest BCUT2D eigenvalue weighted by Gasteiger charge is 2.32. The molecule has 0 aliphatic rings. The topological polar surface area (TPSA) is 86.8 Å². The number of benzene rings is 2. The minimum Gasteiger partial charge on any atom is -0.357 e. The van der Waals surface area contributed by atoms with Crippen LogP contribution in [0.15, 0.2) is 36.4 Å². The van der Waals surface area contributed by atoms with Crippen LogP contribution in [0.4, 0.5) is 5.69 Å². The van der Waals surface area contributed by atoms with E-state index in [0.29, 0.717) is 32.6 Å². The SMILES string of the molecule is CCC(C(=O)NC)N(Cc1ccc(Cl)cc1Cl)C(=O)CN(c1cccc(Cl)c1C)S(C)(=O)=O. The molecule has 2 aromatic rings. The van der Waals surface area contributed by atoms with Gasteiger partial charge in [0.2, 0.25) is 21.8 Å². The van der Waals surface area contributed by atoms with E-state index in [2.05, 4.69) is 5.32 Å². The van der Waals surface area contributed by atoms with Crippen LogP contribution in [0.5, 0.6) is 0 Å². The predicted molar refractivity (Wildman–Crippen MR) is 134 cm³/mol. The van der Waals surface area contributed by atoms with Gasteiger partial charge in [-0.1, -0.05) is 53.9 Å². The van der Waals surface area contributed by atoms with Gasteiger partial charge in [-0.05, 0) is 48.7 Å². The molecule has 1 N–H and O–H groups in total. The molecule has 2 rings (SSSR count).